The van der Waals surface area contributed by atoms with Gasteiger partial charge in [-0.2, -0.15) is 4.98 Å². The molecule has 6 rings (SSSR count). The number of hydrogen-bond donors (Lipinski definition) is 2. The van der Waals surface area contributed by atoms with E-state index in [2.05, 4.69) is 65.0 Å². The minimum absolute atomic E-state index is 0.146. The molecule has 0 aliphatic heterocycles. The first-order valence-corrected chi connectivity index (χ1v) is 15.4. The number of nitrogens with zero attached hydrogens (tertiary/aromatic N) is 7. The number of allylic oxidation sites excluding steroid dienone is 1. The molecule has 0 bridgehead atoms. The van der Waals surface area contributed by atoms with Crippen LogP contribution in [-0.2, 0) is 17.6 Å². The Morgan fingerprint density at radius 2 is 1.71 bits per heavy atom. The van der Waals surface area contributed by atoms with E-state index in [9.17, 15) is 9.90 Å². The summed E-state index contributed by atoms with van der Waals surface area (Å²) in [6.45, 7) is 13.7. The summed E-state index contributed by atoms with van der Waals surface area (Å²) in [6.07, 6.45) is 7.34. The first-order chi connectivity index (χ1) is 21.4. The molecule has 4 aromatic heterocycles. The highest BCUT2D eigenvalue weighted by Crippen LogP contribution is 2.41. The Kier molecular flexibility index (Phi) is 7.90. The SMILES string of the molecule is C=CCn1c(=O)c2cnc(Nc3ccc(C4CCC(c5nnc(C(C)(C)C)o5)CC4)cc3)nc2n1-c1cccc(C(C)(C)O)n1. The summed E-state index contributed by atoms with van der Waals surface area (Å²) in [4.78, 5) is 27.1. The van der Waals surface area contributed by atoms with Gasteiger partial charge in [0.25, 0.3) is 5.56 Å². The van der Waals surface area contributed by atoms with Crippen molar-refractivity contribution < 1.29 is 9.52 Å². The number of nitrogens with one attached hydrogen (secondary N) is 1. The lowest BCUT2D eigenvalue weighted by Gasteiger charge is -2.27. The minimum Gasteiger partial charge on any atom is -0.424 e. The summed E-state index contributed by atoms with van der Waals surface area (Å²) in [7, 11) is 0. The first kappa shape index (κ1) is 30.4. The maximum Gasteiger partial charge on any atom is 0.278 e. The molecule has 0 spiro atoms. The van der Waals surface area contributed by atoms with E-state index in [1.54, 1.807) is 42.8 Å². The number of hydrogen-bond acceptors (Lipinski definition) is 9. The Hall–Kier alpha value is -4.64. The molecule has 1 aliphatic carbocycles. The highest BCUT2D eigenvalue weighted by Gasteiger charge is 2.29. The fourth-order valence-corrected chi connectivity index (χ4v) is 5.83. The summed E-state index contributed by atoms with van der Waals surface area (Å²) in [6, 6.07) is 13.7. The summed E-state index contributed by atoms with van der Waals surface area (Å²) in [5, 5.41) is 22.8. The smallest absolute Gasteiger partial charge is 0.278 e. The van der Waals surface area contributed by atoms with E-state index in [0.717, 1.165) is 37.3 Å². The van der Waals surface area contributed by atoms with Gasteiger partial charge < -0.3 is 14.8 Å². The van der Waals surface area contributed by atoms with Crippen molar-refractivity contribution in [2.24, 2.45) is 0 Å². The molecule has 2 N–H and O–H groups in total. The average Bonchev–Trinajstić information content (AvgIpc) is 3.62. The van der Waals surface area contributed by atoms with Gasteiger partial charge in [0, 0.05) is 23.2 Å². The van der Waals surface area contributed by atoms with E-state index < -0.39 is 5.60 Å². The molecule has 1 aliphatic rings. The van der Waals surface area contributed by atoms with Gasteiger partial charge in [0.15, 0.2) is 11.5 Å². The van der Waals surface area contributed by atoms with Crippen molar-refractivity contribution in [2.45, 2.75) is 89.7 Å². The Balaban J connectivity index is 1.20. The van der Waals surface area contributed by atoms with Gasteiger partial charge in [-0.05, 0) is 75.3 Å². The summed E-state index contributed by atoms with van der Waals surface area (Å²) in [5.74, 6) is 3.05. The quantitative estimate of drug-likeness (QED) is 0.196. The molecule has 11 nitrogen and oxygen atoms in total. The molecule has 0 unspecified atom stereocenters. The second-order valence-electron chi connectivity index (χ2n) is 13.3. The molecule has 0 radical (unpaired) electrons. The molecule has 0 saturated heterocycles. The van der Waals surface area contributed by atoms with Crippen LogP contribution in [0.1, 0.15) is 95.2 Å². The van der Waals surface area contributed by atoms with E-state index >= 15 is 0 Å². The van der Waals surface area contributed by atoms with Crippen molar-refractivity contribution in [1.29, 1.82) is 0 Å². The number of aliphatic hydroxyl groups is 1. The van der Waals surface area contributed by atoms with Crippen molar-refractivity contribution >= 4 is 22.7 Å². The number of pyridine rings is 1. The van der Waals surface area contributed by atoms with Crippen molar-refractivity contribution in [1.82, 2.24) is 34.5 Å². The Labute approximate surface area is 262 Å². The van der Waals surface area contributed by atoms with Gasteiger partial charge in [0.1, 0.15) is 11.0 Å². The number of aromatic nitrogens is 7. The minimum atomic E-state index is -1.15. The molecule has 45 heavy (non-hydrogen) atoms. The van der Waals surface area contributed by atoms with Gasteiger partial charge in [0.2, 0.25) is 17.7 Å². The van der Waals surface area contributed by atoms with E-state index in [-0.39, 0.29) is 17.5 Å². The lowest BCUT2D eigenvalue weighted by molar-refractivity contribution is 0.0738. The van der Waals surface area contributed by atoms with Gasteiger partial charge in [0.05, 0.1) is 12.2 Å². The van der Waals surface area contributed by atoms with Crippen LogP contribution in [0.3, 0.4) is 0 Å². The van der Waals surface area contributed by atoms with Crippen LogP contribution < -0.4 is 10.9 Å². The van der Waals surface area contributed by atoms with Crippen LogP contribution in [0.5, 0.6) is 0 Å². The van der Waals surface area contributed by atoms with Crippen LogP contribution >= 0.6 is 0 Å². The standard InChI is InChI=1S/C34H40N8O3/c1-7-19-41-30(43)25-20-35-32(38-28(25)42(41)27-10-8-9-26(37-27)34(5,6)44)36-24-17-15-22(16-18-24)21-11-13-23(14-12-21)29-39-40-31(45-29)33(2,3)4/h7-10,15-18,20-21,23,44H,1,11-14,19H2,2-6H3,(H,35,36,38). The third-order valence-corrected chi connectivity index (χ3v) is 8.35. The predicted molar refractivity (Wildman–Crippen MR) is 173 cm³/mol. The molecule has 5 aromatic rings. The molecule has 11 heteroatoms. The van der Waals surface area contributed by atoms with Crippen LogP contribution in [0, 0.1) is 0 Å². The molecule has 0 atom stereocenters. The van der Waals surface area contributed by atoms with Crippen molar-refractivity contribution in [3.63, 3.8) is 0 Å². The molecular weight excluding hydrogens is 568 g/mol. The first-order valence-electron chi connectivity index (χ1n) is 15.4. The third kappa shape index (κ3) is 6.17. The third-order valence-electron chi connectivity index (χ3n) is 8.35. The molecule has 1 saturated carbocycles. The second kappa shape index (κ2) is 11.7. The van der Waals surface area contributed by atoms with E-state index in [4.69, 9.17) is 9.40 Å². The maximum atomic E-state index is 13.3. The Morgan fingerprint density at radius 1 is 1.00 bits per heavy atom. The number of anilines is 2. The fraction of sp³-hybridized carbons (Fsp3) is 0.412. The highest BCUT2D eigenvalue weighted by molar-refractivity contribution is 5.77. The average molecular weight is 609 g/mol. The number of benzene rings is 1. The van der Waals surface area contributed by atoms with Crippen molar-refractivity contribution in [3.8, 4) is 5.82 Å². The van der Waals surface area contributed by atoms with Gasteiger partial charge >= 0.3 is 0 Å². The zero-order valence-corrected chi connectivity index (χ0v) is 26.5. The fourth-order valence-electron chi connectivity index (χ4n) is 5.83. The lowest BCUT2D eigenvalue weighted by atomic mass is 9.78. The largest absolute Gasteiger partial charge is 0.424 e. The summed E-state index contributed by atoms with van der Waals surface area (Å²) in [5.41, 5.74) is 1.47. The number of rotatable bonds is 8. The Morgan fingerprint density at radius 3 is 2.36 bits per heavy atom. The van der Waals surface area contributed by atoms with Gasteiger partial charge in [-0.25, -0.2) is 19.3 Å². The molecule has 0 amide bonds. The van der Waals surface area contributed by atoms with Crippen LogP contribution in [-0.4, -0.2) is 39.6 Å². The van der Waals surface area contributed by atoms with Gasteiger partial charge in [-0.1, -0.05) is 45.0 Å². The van der Waals surface area contributed by atoms with E-state index in [0.29, 0.717) is 46.2 Å². The van der Waals surface area contributed by atoms with Crippen LogP contribution in [0.2, 0.25) is 0 Å². The zero-order chi connectivity index (χ0) is 31.9. The molecule has 234 valence electrons. The molecule has 1 aromatic carbocycles. The second-order valence-corrected chi connectivity index (χ2v) is 13.3. The van der Waals surface area contributed by atoms with Crippen LogP contribution in [0.15, 0.2) is 70.5 Å². The lowest BCUT2D eigenvalue weighted by Crippen LogP contribution is -2.23. The molecular formula is C34H40N8O3. The van der Waals surface area contributed by atoms with Crippen molar-refractivity contribution in [3.05, 3.63) is 94.7 Å². The highest BCUT2D eigenvalue weighted by atomic mass is 16.4. The van der Waals surface area contributed by atoms with Crippen molar-refractivity contribution in [2.75, 3.05) is 5.32 Å². The molecule has 1 fully saturated rings. The normalized spacial score (nSPS) is 17.5. The maximum absolute atomic E-state index is 13.3. The molecule has 4 heterocycles. The topological polar surface area (TPSA) is 137 Å². The van der Waals surface area contributed by atoms with Gasteiger partial charge in [-0.15, -0.1) is 16.8 Å². The summed E-state index contributed by atoms with van der Waals surface area (Å²) < 4.78 is 9.18. The van der Waals surface area contributed by atoms with E-state index in [1.807, 2.05) is 12.1 Å². The summed E-state index contributed by atoms with van der Waals surface area (Å²) >= 11 is 0. The van der Waals surface area contributed by atoms with Crippen LogP contribution in [0.4, 0.5) is 11.6 Å². The van der Waals surface area contributed by atoms with Crippen LogP contribution in [0.25, 0.3) is 16.9 Å². The predicted octanol–water partition coefficient (Wildman–Crippen LogP) is 6.26. The zero-order valence-electron chi connectivity index (χ0n) is 26.5. The monoisotopic (exact) mass is 608 g/mol. The Bertz CT molecular complexity index is 1880. The van der Waals surface area contributed by atoms with Gasteiger partial charge in [-0.3, -0.25) is 4.79 Å². The number of fused-ring (bicyclic) bond motifs is 1. The van der Waals surface area contributed by atoms with E-state index in [1.165, 1.54) is 16.4 Å².